The van der Waals surface area contributed by atoms with Crippen molar-refractivity contribution in [3.63, 3.8) is 0 Å². The van der Waals surface area contributed by atoms with Gasteiger partial charge in [0, 0.05) is 24.8 Å². The van der Waals surface area contributed by atoms with Crippen molar-refractivity contribution in [3.05, 3.63) is 81.7 Å². The average molecular weight is 300 g/mol. The molecule has 2 aromatic rings. The second-order valence-electron chi connectivity index (χ2n) is 4.53. The van der Waals surface area contributed by atoms with Gasteiger partial charge in [0.15, 0.2) is 0 Å². The van der Waals surface area contributed by atoms with Gasteiger partial charge in [-0.15, -0.1) is 0 Å². The Morgan fingerprint density at radius 1 is 1.14 bits per heavy atom. The van der Waals surface area contributed by atoms with Crippen LogP contribution in [0.5, 0.6) is 0 Å². The van der Waals surface area contributed by atoms with Crippen LogP contribution in [0.15, 0.2) is 54.6 Å². The molecule has 0 heterocycles. The van der Waals surface area contributed by atoms with Crippen molar-refractivity contribution in [2.45, 2.75) is 6.54 Å². The molecule has 0 saturated carbocycles. The van der Waals surface area contributed by atoms with Gasteiger partial charge < -0.3 is 5.32 Å². The minimum Gasteiger partial charge on any atom is -0.348 e. The van der Waals surface area contributed by atoms with E-state index in [0.29, 0.717) is 12.1 Å². The summed E-state index contributed by atoms with van der Waals surface area (Å²) < 4.78 is 12.7. The monoisotopic (exact) mass is 300 g/mol. The van der Waals surface area contributed by atoms with E-state index in [1.165, 1.54) is 30.3 Å². The maximum Gasteiger partial charge on any atom is 0.269 e. The summed E-state index contributed by atoms with van der Waals surface area (Å²) in [6, 6.07) is 11.7. The fraction of sp³-hybridized carbons (Fsp3) is 0.0625. The van der Waals surface area contributed by atoms with Gasteiger partial charge in [0.2, 0.25) is 5.91 Å². The molecule has 0 radical (unpaired) electrons. The summed E-state index contributed by atoms with van der Waals surface area (Å²) >= 11 is 0. The Labute approximate surface area is 126 Å². The summed E-state index contributed by atoms with van der Waals surface area (Å²) in [6.07, 6.45) is 2.90. The highest BCUT2D eigenvalue weighted by molar-refractivity contribution is 5.91. The van der Waals surface area contributed by atoms with E-state index >= 15 is 0 Å². The number of nitro groups is 1. The van der Waals surface area contributed by atoms with Gasteiger partial charge in [-0.25, -0.2) is 4.39 Å². The number of hydrogen-bond donors (Lipinski definition) is 1. The number of non-ortho nitro benzene ring substituents is 1. The lowest BCUT2D eigenvalue weighted by Crippen LogP contribution is -2.20. The molecule has 0 unspecified atom stereocenters. The van der Waals surface area contributed by atoms with Gasteiger partial charge in [-0.05, 0) is 41.5 Å². The maximum absolute atomic E-state index is 12.7. The molecular formula is C16H13FN2O3. The Hall–Kier alpha value is -3.02. The number of carbonyl (C=O) groups is 1. The molecule has 22 heavy (non-hydrogen) atoms. The van der Waals surface area contributed by atoms with Crippen molar-refractivity contribution in [2.75, 3.05) is 0 Å². The van der Waals surface area contributed by atoms with Crippen LogP contribution in [0.2, 0.25) is 0 Å². The number of nitrogens with zero attached hydrogens (tertiary/aromatic N) is 1. The normalized spacial score (nSPS) is 10.6. The average Bonchev–Trinajstić information content (AvgIpc) is 2.52. The first-order valence-electron chi connectivity index (χ1n) is 6.49. The third-order valence-electron chi connectivity index (χ3n) is 2.91. The molecule has 6 heteroatoms. The van der Waals surface area contributed by atoms with E-state index in [0.717, 1.165) is 5.56 Å². The third kappa shape index (κ3) is 4.52. The van der Waals surface area contributed by atoms with Crippen LogP contribution in [-0.2, 0) is 11.3 Å². The number of rotatable bonds is 5. The molecule has 112 valence electrons. The van der Waals surface area contributed by atoms with Gasteiger partial charge in [0.05, 0.1) is 4.92 Å². The van der Waals surface area contributed by atoms with E-state index in [2.05, 4.69) is 5.32 Å². The van der Waals surface area contributed by atoms with Gasteiger partial charge in [-0.3, -0.25) is 14.9 Å². The number of nitrogens with one attached hydrogen (secondary N) is 1. The van der Waals surface area contributed by atoms with Crippen molar-refractivity contribution < 1.29 is 14.1 Å². The molecule has 1 N–H and O–H groups in total. The van der Waals surface area contributed by atoms with Gasteiger partial charge in [0.25, 0.3) is 5.69 Å². The fourth-order valence-electron chi connectivity index (χ4n) is 1.73. The number of halogens is 1. The summed E-state index contributed by atoms with van der Waals surface area (Å²) in [6.45, 7) is 0.295. The molecule has 2 rings (SSSR count). The van der Waals surface area contributed by atoms with Crippen LogP contribution < -0.4 is 5.32 Å². The highest BCUT2D eigenvalue weighted by Crippen LogP contribution is 2.12. The lowest BCUT2D eigenvalue weighted by molar-refractivity contribution is -0.384. The first kappa shape index (κ1) is 15.4. The van der Waals surface area contributed by atoms with Gasteiger partial charge in [0.1, 0.15) is 5.82 Å². The fourth-order valence-corrected chi connectivity index (χ4v) is 1.73. The smallest absolute Gasteiger partial charge is 0.269 e. The van der Waals surface area contributed by atoms with Crippen molar-refractivity contribution in [1.82, 2.24) is 5.32 Å². The quantitative estimate of drug-likeness (QED) is 0.524. The van der Waals surface area contributed by atoms with Crippen molar-refractivity contribution in [1.29, 1.82) is 0 Å². The number of benzene rings is 2. The molecule has 0 atom stereocenters. The van der Waals surface area contributed by atoms with Gasteiger partial charge in [-0.2, -0.15) is 0 Å². The van der Waals surface area contributed by atoms with Crippen molar-refractivity contribution >= 4 is 17.7 Å². The molecule has 1 amide bonds. The molecule has 0 fully saturated rings. The van der Waals surface area contributed by atoms with Crippen LogP contribution >= 0.6 is 0 Å². The summed E-state index contributed by atoms with van der Waals surface area (Å²) in [5.41, 5.74) is 1.47. The Morgan fingerprint density at radius 3 is 2.36 bits per heavy atom. The second kappa shape index (κ2) is 7.12. The Bertz CT molecular complexity index is 694. The Morgan fingerprint density at radius 2 is 1.77 bits per heavy atom. The van der Waals surface area contributed by atoms with Crippen LogP contribution in [0, 0.1) is 15.9 Å². The second-order valence-corrected chi connectivity index (χ2v) is 4.53. The predicted octanol–water partition coefficient (Wildman–Crippen LogP) is 3.06. The molecule has 5 nitrogen and oxygen atoms in total. The molecule has 0 bridgehead atoms. The van der Waals surface area contributed by atoms with E-state index in [-0.39, 0.29) is 17.4 Å². The summed E-state index contributed by atoms with van der Waals surface area (Å²) in [7, 11) is 0. The van der Waals surface area contributed by atoms with Crippen LogP contribution in [-0.4, -0.2) is 10.8 Å². The molecule has 0 aliphatic heterocycles. The topological polar surface area (TPSA) is 72.2 Å². The minimum absolute atomic E-state index is 0.00193. The molecule has 0 saturated heterocycles. The number of nitro benzene ring substituents is 1. The van der Waals surface area contributed by atoms with Crippen LogP contribution in [0.25, 0.3) is 6.08 Å². The number of amides is 1. The van der Waals surface area contributed by atoms with E-state index in [9.17, 15) is 19.3 Å². The van der Waals surface area contributed by atoms with Gasteiger partial charge >= 0.3 is 0 Å². The van der Waals surface area contributed by atoms with Crippen molar-refractivity contribution in [2.24, 2.45) is 0 Å². The van der Waals surface area contributed by atoms with Crippen LogP contribution in [0.4, 0.5) is 10.1 Å². The minimum atomic E-state index is -0.483. The zero-order valence-electron chi connectivity index (χ0n) is 11.5. The third-order valence-corrected chi connectivity index (χ3v) is 2.91. The molecule has 0 aromatic heterocycles. The van der Waals surface area contributed by atoms with Crippen LogP contribution in [0.1, 0.15) is 11.1 Å². The lowest BCUT2D eigenvalue weighted by Gasteiger charge is -2.02. The molecule has 0 aliphatic rings. The zero-order chi connectivity index (χ0) is 15.9. The van der Waals surface area contributed by atoms with Gasteiger partial charge in [-0.1, -0.05) is 12.1 Å². The highest BCUT2D eigenvalue weighted by Gasteiger charge is 2.02. The van der Waals surface area contributed by atoms with E-state index in [4.69, 9.17) is 0 Å². The standard InChI is InChI=1S/C16H13FN2O3/c17-14-6-1-13(2-7-14)11-18-16(20)10-5-12-3-8-15(9-4-12)19(21)22/h1-10H,11H2,(H,18,20). The maximum atomic E-state index is 12.7. The Kier molecular flexibility index (Phi) is 4.98. The number of carbonyl (C=O) groups excluding carboxylic acids is 1. The molecule has 0 aliphatic carbocycles. The predicted molar refractivity (Wildman–Crippen MR) is 80.4 cm³/mol. The van der Waals surface area contributed by atoms with E-state index < -0.39 is 4.92 Å². The largest absolute Gasteiger partial charge is 0.348 e. The summed E-state index contributed by atoms with van der Waals surface area (Å²) in [5, 5.41) is 13.2. The first-order chi connectivity index (χ1) is 10.5. The SMILES string of the molecule is O=C(C=Cc1ccc([N+](=O)[O-])cc1)NCc1ccc(F)cc1. The zero-order valence-corrected chi connectivity index (χ0v) is 11.5. The summed E-state index contributed by atoms with van der Waals surface area (Å²) in [4.78, 5) is 21.7. The molecule has 2 aromatic carbocycles. The first-order valence-corrected chi connectivity index (χ1v) is 6.49. The summed E-state index contributed by atoms with van der Waals surface area (Å²) in [5.74, 6) is -0.629. The highest BCUT2D eigenvalue weighted by atomic mass is 19.1. The lowest BCUT2D eigenvalue weighted by atomic mass is 10.2. The number of hydrogen-bond acceptors (Lipinski definition) is 3. The Balaban J connectivity index is 1.88. The van der Waals surface area contributed by atoms with E-state index in [1.807, 2.05) is 0 Å². The van der Waals surface area contributed by atoms with E-state index in [1.54, 1.807) is 30.3 Å². The molecular weight excluding hydrogens is 287 g/mol. The van der Waals surface area contributed by atoms with Crippen molar-refractivity contribution in [3.8, 4) is 0 Å². The van der Waals surface area contributed by atoms with Crippen LogP contribution in [0.3, 0.4) is 0 Å². The molecule has 0 spiro atoms.